The molecule has 3 aromatic rings. The molecule has 1 aliphatic rings. The first-order chi connectivity index (χ1) is 13.9. The number of nitrogens with zero attached hydrogens (tertiary/aromatic N) is 5. The number of benzene rings is 1. The van der Waals surface area contributed by atoms with Crippen molar-refractivity contribution in [2.24, 2.45) is 7.05 Å². The lowest BCUT2D eigenvalue weighted by atomic mass is 10.1. The number of nitrogens with one attached hydrogen (secondary N) is 1. The van der Waals surface area contributed by atoms with E-state index in [0.29, 0.717) is 13.1 Å². The van der Waals surface area contributed by atoms with Gasteiger partial charge in [0.1, 0.15) is 18.0 Å². The highest BCUT2D eigenvalue weighted by Crippen LogP contribution is 2.27. The number of rotatable bonds is 6. The maximum atomic E-state index is 10.2. The van der Waals surface area contributed by atoms with Crippen LogP contribution in [0.25, 0.3) is 10.9 Å². The van der Waals surface area contributed by atoms with Crippen molar-refractivity contribution in [3.05, 3.63) is 47.9 Å². The lowest BCUT2D eigenvalue weighted by molar-refractivity contribution is 0.191. The minimum absolute atomic E-state index is 0.253. The van der Waals surface area contributed by atoms with Gasteiger partial charge in [-0.15, -0.1) is 0 Å². The summed E-state index contributed by atoms with van der Waals surface area (Å²) in [5.74, 6) is 1.66. The molecule has 7 heteroatoms. The van der Waals surface area contributed by atoms with Gasteiger partial charge in [-0.1, -0.05) is 18.2 Å². The van der Waals surface area contributed by atoms with Crippen LogP contribution in [0.3, 0.4) is 0 Å². The zero-order valence-corrected chi connectivity index (χ0v) is 17.6. The summed E-state index contributed by atoms with van der Waals surface area (Å²) in [5, 5.41) is 14.9. The Morgan fingerprint density at radius 1 is 1.24 bits per heavy atom. The van der Waals surface area contributed by atoms with E-state index in [1.54, 1.807) is 6.33 Å². The molecule has 2 atom stereocenters. The second kappa shape index (κ2) is 8.00. The normalized spacial score (nSPS) is 19.4. The second-order valence-corrected chi connectivity index (χ2v) is 8.22. The molecule has 1 saturated heterocycles. The van der Waals surface area contributed by atoms with Gasteiger partial charge in [-0.05, 0) is 39.1 Å². The van der Waals surface area contributed by atoms with Gasteiger partial charge >= 0.3 is 0 Å². The average Bonchev–Trinajstić information content (AvgIpc) is 3.18. The third-order valence-electron chi connectivity index (χ3n) is 5.86. The van der Waals surface area contributed by atoms with Gasteiger partial charge in [-0.3, -0.25) is 0 Å². The van der Waals surface area contributed by atoms with Crippen LogP contribution in [0.15, 0.2) is 36.7 Å². The summed E-state index contributed by atoms with van der Waals surface area (Å²) in [6.45, 7) is 4.36. The van der Waals surface area contributed by atoms with Gasteiger partial charge in [0.15, 0.2) is 0 Å². The van der Waals surface area contributed by atoms with Crippen molar-refractivity contribution >= 4 is 22.5 Å². The molecule has 3 heterocycles. The van der Waals surface area contributed by atoms with E-state index in [4.69, 9.17) is 0 Å². The molecule has 2 aromatic heterocycles. The largest absolute Gasteiger partial charge is 0.391 e. The van der Waals surface area contributed by atoms with Crippen LogP contribution in [0.1, 0.15) is 17.7 Å². The third-order valence-corrected chi connectivity index (χ3v) is 5.86. The monoisotopic (exact) mass is 394 g/mol. The van der Waals surface area contributed by atoms with Crippen molar-refractivity contribution in [3.8, 4) is 0 Å². The fourth-order valence-electron chi connectivity index (χ4n) is 4.43. The number of hydrogen-bond acceptors (Lipinski definition) is 6. The first-order valence-corrected chi connectivity index (χ1v) is 10.1. The molecule has 0 bridgehead atoms. The molecular weight excluding hydrogens is 364 g/mol. The van der Waals surface area contributed by atoms with Crippen LogP contribution < -0.4 is 10.2 Å². The fourth-order valence-corrected chi connectivity index (χ4v) is 4.43. The van der Waals surface area contributed by atoms with Gasteiger partial charge in [-0.2, -0.15) is 0 Å². The number of hydrogen-bond donors (Lipinski definition) is 2. The summed E-state index contributed by atoms with van der Waals surface area (Å²) >= 11 is 0. The molecule has 1 aromatic carbocycles. The zero-order chi connectivity index (χ0) is 20.5. The smallest absolute Gasteiger partial charge is 0.134 e. The lowest BCUT2D eigenvalue weighted by Crippen LogP contribution is -2.38. The highest BCUT2D eigenvalue weighted by Gasteiger charge is 2.32. The molecular formula is C22H30N6O. The van der Waals surface area contributed by atoms with E-state index < -0.39 is 0 Å². The van der Waals surface area contributed by atoms with Crippen molar-refractivity contribution in [1.29, 1.82) is 0 Å². The van der Waals surface area contributed by atoms with Crippen molar-refractivity contribution in [2.75, 3.05) is 37.4 Å². The number of β-amino-alcohol motifs (C(OH)–C–C–N with tert-alkyl or cyclic N) is 1. The average molecular weight is 395 g/mol. The van der Waals surface area contributed by atoms with Crippen LogP contribution in [-0.2, 0) is 13.6 Å². The highest BCUT2D eigenvalue weighted by molar-refractivity contribution is 5.85. The van der Waals surface area contributed by atoms with Gasteiger partial charge in [-0.25, -0.2) is 9.97 Å². The van der Waals surface area contributed by atoms with Crippen LogP contribution in [0.4, 0.5) is 11.6 Å². The van der Waals surface area contributed by atoms with Gasteiger partial charge in [0.2, 0.25) is 0 Å². The van der Waals surface area contributed by atoms with Gasteiger partial charge in [0, 0.05) is 48.8 Å². The number of fused-ring (bicyclic) bond motifs is 1. The summed E-state index contributed by atoms with van der Waals surface area (Å²) in [4.78, 5) is 13.2. The van der Waals surface area contributed by atoms with Crippen molar-refractivity contribution in [2.45, 2.75) is 32.0 Å². The molecule has 0 unspecified atom stereocenters. The van der Waals surface area contributed by atoms with Crippen LogP contribution in [-0.4, -0.2) is 63.9 Å². The Labute approximate surface area is 172 Å². The molecule has 29 heavy (non-hydrogen) atoms. The van der Waals surface area contributed by atoms with Crippen molar-refractivity contribution < 1.29 is 5.11 Å². The summed E-state index contributed by atoms with van der Waals surface area (Å²) in [5.41, 5.74) is 3.77. The zero-order valence-electron chi connectivity index (χ0n) is 17.6. The van der Waals surface area contributed by atoms with E-state index in [-0.39, 0.29) is 12.1 Å². The van der Waals surface area contributed by atoms with Gasteiger partial charge < -0.3 is 24.8 Å². The molecule has 7 nitrogen and oxygen atoms in total. The maximum absolute atomic E-state index is 10.2. The number of anilines is 2. The molecule has 0 radical (unpaired) electrons. The van der Waals surface area contributed by atoms with Crippen LogP contribution in [0.2, 0.25) is 0 Å². The van der Waals surface area contributed by atoms with E-state index in [1.807, 2.05) is 6.07 Å². The minimum Gasteiger partial charge on any atom is -0.391 e. The Morgan fingerprint density at radius 2 is 2.03 bits per heavy atom. The molecule has 1 aliphatic heterocycles. The molecule has 0 amide bonds. The topological polar surface area (TPSA) is 69.5 Å². The molecule has 0 spiro atoms. The van der Waals surface area contributed by atoms with Crippen LogP contribution >= 0.6 is 0 Å². The highest BCUT2D eigenvalue weighted by atomic mass is 16.3. The Bertz CT molecular complexity index is 959. The number of aryl methyl sites for hydroxylation is 2. The number of aliphatic hydroxyl groups is 1. The molecule has 4 rings (SSSR count). The Balaban J connectivity index is 1.53. The maximum Gasteiger partial charge on any atom is 0.134 e. The Morgan fingerprint density at radius 3 is 2.79 bits per heavy atom. The predicted octanol–water partition coefficient (Wildman–Crippen LogP) is 2.39. The first-order valence-electron chi connectivity index (χ1n) is 10.1. The second-order valence-electron chi connectivity index (χ2n) is 8.22. The summed E-state index contributed by atoms with van der Waals surface area (Å²) in [6.07, 6.45) is 2.05. The standard InChI is InChI=1S/C22H30N6O/c1-15-18-7-5-6-8-19(18)27(4)20(15)11-23-21-10-22(25-14-24-21)28-13-17(29)9-16(28)12-26(2)3/h5-8,10,14,16-17,29H,9,11-13H2,1-4H3,(H,23,24,25)/t16-,17-/m1/s1. The Kier molecular flexibility index (Phi) is 5.43. The SMILES string of the molecule is Cc1c(CNc2cc(N3C[C@H](O)C[C@@H]3CN(C)C)ncn2)n(C)c2ccccc12. The van der Waals surface area contributed by atoms with Crippen molar-refractivity contribution in [1.82, 2.24) is 19.4 Å². The van der Waals surface area contributed by atoms with E-state index in [2.05, 4.69) is 82.0 Å². The van der Waals surface area contributed by atoms with Gasteiger partial charge in [0.25, 0.3) is 0 Å². The van der Waals surface area contributed by atoms with Crippen LogP contribution in [0, 0.1) is 6.92 Å². The van der Waals surface area contributed by atoms with E-state index in [9.17, 15) is 5.11 Å². The Hall–Kier alpha value is -2.64. The fraction of sp³-hybridized carbons (Fsp3) is 0.455. The molecule has 2 N–H and O–H groups in total. The molecule has 154 valence electrons. The van der Waals surface area contributed by atoms with Crippen molar-refractivity contribution in [3.63, 3.8) is 0 Å². The summed E-state index contributed by atoms with van der Waals surface area (Å²) in [6, 6.07) is 10.7. The van der Waals surface area contributed by atoms with Crippen LogP contribution in [0.5, 0.6) is 0 Å². The van der Waals surface area contributed by atoms with E-state index in [1.165, 1.54) is 22.2 Å². The number of para-hydroxylation sites is 1. The molecule has 0 saturated carbocycles. The number of aromatic nitrogens is 3. The quantitative estimate of drug-likeness (QED) is 0.669. The molecule has 1 fully saturated rings. The van der Waals surface area contributed by atoms with E-state index in [0.717, 1.165) is 24.6 Å². The third kappa shape index (κ3) is 3.93. The van der Waals surface area contributed by atoms with Gasteiger partial charge in [0.05, 0.1) is 12.6 Å². The predicted molar refractivity (Wildman–Crippen MR) is 117 cm³/mol. The number of likely N-dealkylation sites (N-methyl/N-ethyl adjacent to an activating group) is 1. The van der Waals surface area contributed by atoms with E-state index >= 15 is 0 Å². The number of aliphatic hydroxyl groups excluding tert-OH is 1. The summed E-state index contributed by atoms with van der Waals surface area (Å²) in [7, 11) is 6.22. The lowest BCUT2D eigenvalue weighted by Gasteiger charge is -2.27. The molecule has 0 aliphatic carbocycles. The first kappa shape index (κ1) is 19.7. The summed E-state index contributed by atoms with van der Waals surface area (Å²) < 4.78 is 2.24. The minimum atomic E-state index is -0.315.